The van der Waals surface area contributed by atoms with Gasteiger partial charge in [-0.3, -0.25) is 20.2 Å². The zero-order valence-electron chi connectivity index (χ0n) is 15.1. The van der Waals surface area contributed by atoms with Crippen LogP contribution in [0, 0.1) is 0 Å². The van der Waals surface area contributed by atoms with Crippen molar-refractivity contribution >= 4 is 58.2 Å². The predicted octanol–water partition coefficient (Wildman–Crippen LogP) is 3.84. The highest BCUT2D eigenvalue weighted by molar-refractivity contribution is 7.99. The minimum Gasteiger partial charge on any atom is -0.346 e. The van der Waals surface area contributed by atoms with Crippen LogP contribution in [0.25, 0.3) is 17.0 Å². The fraction of sp³-hybridized carbons (Fsp3) is 0.0952. The summed E-state index contributed by atoms with van der Waals surface area (Å²) in [5.41, 5.74) is 1.65. The molecular weight excluding hydrogens is 410 g/mol. The van der Waals surface area contributed by atoms with Gasteiger partial charge in [0, 0.05) is 44.9 Å². The van der Waals surface area contributed by atoms with Gasteiger partial charge in [0.25, 0.3) is 11.8 Å². The smallest absolute Gasteiger partial charge is 0.328 e. The van der Waals surface area contributed by atoms with Gasteiger partial charge < -0.3 is 4.57 Å². The molecule has 4 rings (SSSR count). The molecule has 3 aromatic rings. The molecule has 146 valence electrons. The predicted molar refractivity (Wildman–Crippen MR) is 114 cm³/mol. The number of carbonyl (C=O) groups is 3. The molecule has 2 heterocycles. The van der Waals surface area contributed by atoms with Crippen molar-refractivity contribution in [1.29, 1.82) is 0 Å². The van der Waals surface area contributed by atoms with Crippen LogP contribution in [0.3, 0.4) is 0 Å². The number of hydrogen-bond acceptors (Lipinski definition) is 4. The van der Waals surface area contributed by atoms with Crippen molar-refractivity contribution in [2.45, 2.75) is 11.4 Å². The lowest BCUT2D eigenvalue weighted by Gasteiger charge is -2.13. The summed E-state index contributed by atoms with van der Waals surface area (Å²) in [4.78, 5) is 36.4. The Balaban J connectivity index is 1.59. The van der Waals surface area contributed by atoms with Crippen molar-refractivity contribution in [3.63, 3.8) is 0 Å². The molecule has 29 heavy (non-hydrogen) atoms. The molecule has 2 aromatic carbocycles. The monoisotopic (exact) mass is 425 g/mol. The summed E-state index contributed by atoms with van der Waals surface area (Å²) in [5, 5.41) is 5.82. The third-order valence-corrected chi connectivity index (χ3v) is 5.72. The van der Waals surface area contributed by atoms with E-state index in [4.69, 9.17) is 11.6 Å². The molecular formula is C21H16ClN3O3S. The Labute approximate surface area is 175 Å². The molecule has 1 fully saturated rings. The summed E-state index contributed by atoms with van der Waals surface area (Å²) in [6.45, 7) is 0.744. The quantitative estimate of drug-likeness (QED) is 0.370. The van der Waals surface area contributed by atoms with Crippen LogP contribution in [0.15, 0.2) is 65.2 Å². The number of aromatic nitrogens is 1. The molecule has 1 aliphatic heterocycles. The number of amides is 4. The molecule has 0 bridgehead atoms. The van der Waals surface area contributed by atoms with E-state index in [9.17, 15) is 14.4 Å². The van der Waals surface area contributed by atoms with Crippen LogP contribution in [0.4, 0.5) is 4.79 Å². The van der Waals surface area contributed by atoms with E-state index in [-0.39, 0.29) is 5.57 Å². The van der Waals surface area contributed by atoms with Gasteiger partial charge in [0.2, 0.25) is 0 Å². The van der Waals surface area contributed by atoms with E-state index < -0.39 is 17.8 Å². The number of imide groups is 2. The number of carbonyl (C=O) groups excluding carboxylic acids is 3. The fourth-order valence-electron chi connectivity index (χ4n) is 3.13. The van der Waals surface area contributed by atoms with Crippen molar-refractivity contribution in [2.75, 3.05) is 5.75 Å². The Morgan fingerprint density at radius 1 is 0.966 bits per heavy atom. The number of rotatable bonds is 5. The van der Waals surface area contributed by atoms with Gasteiger partial charge in [0.1, 0.15) is 5.57 Å². The average molecular weight is 426 g/mol. The number of aryl methyl sites for hydroxylation is 1. The standard InChI is InChI=1S/C21H16ClN3O3S/c22-14-5-7-15(8-6-14)29-10-9-25-12-13(16-3-1-2-4-18(16)25)11-17-19(26)23-21(28)24-20(17)27/h1-8,11-12H,9-10H2,(H2,23,24,26,27,28). The van der Waals surface area contributed by atoms with E-state index in [1.165, 1.54) is 6.08 Å². The summed E-state index contributed by atoms with van der Waals surface area (Å²) in [7, 11) is 0. The Morgan fingerprint density at radius 3 is 2.38 bits per heavy atom. The van der Waals surface area contributed by atoms with Crippen molar-refractivity contribution < 1.29 is 14.4 Å². The number of nitrogens with zero attached hydrogens (tertiary/aromatic N) is 1. The average Bonchev–Trinajstić information content (AvgIpc) is 3.04. The summed E-state index contributed by atoms with van der Waals surface area (Å²) in [6.07, 6.45) is 3.43. The van der Waals surface area contributed by atoms with E-state index in [0.717, 1.165) is 33.7 Å². The van der Waals surface area contributed by atoms with Crippen LogP contribution in [-0.4, -0.2) is 28.2 Å². The Morgan fingerprint density at radius 2 is 1.66 bits per heavy atom. The Hall–Kier alpha value is -3.03. The number of fused-ring (bicyclic) bond motifs is 1. The van der Waals surface area contributed by atoms with E-state index in [1.54, 1.807) is 11.8 Å². The molecule has 8 heteroatoms. The van der Waals surface area contributed by atoms with Crippen LogP contribution >= 0.6 is 23.4 Å². The Kier molecular flexibility index (Phi) is 5.42. The van der Waals surface area contributed by atoms with E-state index in [1.807, 2.05) is 54.7 Å². The number of para-hydroxylation sites is 1. The van der Waals surface area contributed by atoms with Crippen LogP contribution in [-0.2, 0) is 16.1 Å². The Bertz CT molecular complexity index is 1130. The van der Waals surface area contributed by atoms with Gasteiger partial charge in [0.15, 0.2) is 0 Å². The lowest BCUT2D eigenvalue weighted by Crippen LogP contribution is -2.51. The highest BCUT2D eigenvalue weighted by atomic mass is 35.5. The maximum atomic E-state index is 12.0. The highest BCUT2D eigenvalue weighted by Crippen LogP contribution is 2.26. The molecule has 2 N–H and O–H groups in total. The summed E-state index contributed by atoms with van der Waals surface area (Å²) < 4.78 is 2.09. The normalized spacial score (nSPS) is 14.1. The lowest BCUT2D eigenvalue weighted by molar-refractivity contribution is -0.123. The van der Waals surface area contributed by atoms with Crippen molar-refractivity contribution in [2.24, 2.45) is 0 Å². The molecule has 0 radical (unpaired) electrons. The van der Waals surface area contributed by atoms with Crippen LogP contribution < -0.4 is 10.6 Å². The first-order valence-electron chi connectivity index (χ1n) is 8.86. The largest absolute Gasteiger partial charge is 0.346 e. The number of hydrogen-bond donors (Lipinski definition) is 2. The second-order valence-corrected chi connectivity index (χ2v) is 8.00. The van der Waals surface area contributed by atoms with E-state index in [0.29, 0.717) is 5.02 Å². The first-order valence-corrected chi connectivity index (χ1v) is 10.2. The first kappa shape index (κ1) is 19.3. The number of barbiturate groups is 1. The first-order chi connectivity index (χ1) is 14.0. The third-order valence-electron chi connectivity index (χ3n) is 4.48. The molecule has 0 spiro atoms. The number of nitrogens with one attached hydrogen (secondary N) is 2. The molecule has 1 aromatic heterocycles. The molecule has 4 amide bonds. The van der Waals surface area contributed by atoms with Gasteiger partial charge in [-0.25, -0.2) is 4.79 Å². The fourth-order valence-corrected chi connectivity index (χ4v) is 4.11. The molecule has 1 aliphatic rings. The maximum Gasteiger partial charge on any atom is 0.328 e. The van der Waals surface area contributed by atoms with Gasteiger partial charge in [0.05, 0.1) is 0 Å². The van der Waals surface area contributed by atoms with Crippen molar-refractivity contribution in [3.05, 3.63) is 70.9 Å². The van der Waals surface area contributed by atoms with Gasteiger partial charge in [-0.15, -0.1) is 11.8 Å². The number of benzene rings is 2. The summed E-state index contributed by atoms with van der Waals surface area (Å²) >= 11 is 7.64. The molecule has 6 nitrogen and oxygen atoms in total. The number of halogens is 1. The second kappa shape index (κ2) is 8.14. The van der Waals surface area contributed by atoms with Crippen LogP contribution in [0.5, 0.6) is 0 Å². The second-order valence-electron chi connectivity index (χ2n) is 6.39. The van der Waals surface area contributed by atoms with Gasteiger partial charge >= 0.3 is 6.03 Å². The van der Waals surface area contributed by atoms with Crippen molar-refractivity contribution in [1.82, 2.24) is 15.2 Å². The number of urea groups is 1. The molecule has 1 saturated heterocycles. The molecule has 0 aliphatic carbocycles. The molecule has 0 saturated carbocycles. The van der Waals surface area contributed by atoms with Gasteiger partial charge in [-0.1, -0.05) is 29.8 Å². The van der Waals surface area contributed by atoms with Crippen LogP contribution in [0.2, 0.25) is 5.02 Å². The highest BCUT2D eigenvalue weighted by Gasteiger charge is 2.28. The summed E-state index contributed by atoms with van der Waals surface area (Å²) in [5.74, 6) is -0.561. The number of thioether (sulfide) groups is 1. The zero-order valence-corrected chi connectivity index (χ0v) is 16.7. The van der Waals surface area contributed by atoms with E-state index >= 15 is 0 Å². The van der Waals surface area contributed by atoms with Gasteiger partial charge in [-0.05, 0) is 36.4 Å². The zero-order chi connectivity index (χ0) is 20.4. The van der Waals surface area contributed by atoms with Crippen molar-refractivity contribution in [3.8, 4) is 0 Å². The van der Waals surface area contributed by atoms with Crippen LogP contribution in [0.1, 0.15) is 5.56 Å². The minimum atomic E-state index is -0.807. The lowest BCUT2D eigenvalue weighted by atomic mass is 10.1. The molecule has 0 atom stereocenters. The molecule has 0 unspecified atom stereocenters. The topological polar surface area (TPSA) is 80.2 Å². The minimum absolute atomic E-state index is 0.0944. The summed E-state index contributed by atoms with van der Waals surface area (Å²) in [6, 6.07) is 14.7. The van der Waals surface area contributed by atoms with Gasteiger partial charge in [-0.2, -0.15) is 0 Å². The van der Waals surface area contributed by atoms with E-state index in [2.05, 4.69) is 15.2 Å². The third kappa shape index (κ3) is 4.21. The maximum absolute atomic E-state index is 12.0. The SMILES string of the molecule is O=C1NC(=O)C(=Cc2cn(CCSc3ccc(Cl)cc3)c3ccccc23)C(=O)N1.